The highest BCUT2D eigenvalue weighted by atomic mass is 79.9. The minimum absolute atomic E-state index is 0.224. The molecule has 0 aliphatic carbocycles. The van der Waals surface area contributed by atoms with Crippen molar-refractivity contribution in [2.24, 2.45) is 7.05 Å². The molecular formula is C23H19BrN4O2S. The molecule has 3 aromatic carbocycles. The summed E-state index contributed by atoms with van der Waals surface area (Å²) in [6.45, 7) is 0.373. The smallest absolute Gasteiger partial charge is 0.259 e. The number of nitrogens with zero attached hydrogens (tertiary/aromatic N) is 3. The Morgan fingerprint density at radius 1 is 1.10 bits per heavy atom. The highest BCUT2D eigenvalue weighted by Crippen LogP contribution is 2.27. The van der Waals surface area contributed by atoms with Gasteiger partial charge in [0.25, 0.3) is 5.91 Å². The lowest BCUT2D eigenvalue weighted by atomic mass is 10.1. The number of amides is 1. The number of ether oxygens (including phenoxy) is 1. The fourth-order valence-electron chi connectivity index (χ4n) is 2.84. The van der Waals surface area contributed by atoms with Gasteiger partial charge < -0.3 is 14.6 Å². The van der Waals surface area contributed by atoms with Crippen LogP contribution in [-0.2, 0) is 13.7 Å². The first kappa shape index (κ1) is 21.1. The van der Waals surface area contributed by atoms with Crippen LogP contribution in [-0.4, -0.2) is 20.7 Å². The zero-order valence-corrected chi connectivity index (χ0v) is 19.1. The topological polar surface area (TPSA) is 69.0 Å². The summed E-state index contributed by atoms with van der Waals surface area (Å²) in [5, 5.41) is 11.7. The number of hydrogen-bond acceptors (Lipinski definition) is 5. The van der Waals surface area contributed by atoms with Gasteiger partial charge in [0.15, 0.2) is 5.16 Å². The molecule has 4 rings (SSSR count). The van der Waals surface area contributed by atoms with Crippen LogP contribution in [0.1, 0.15) is 15.9 Å². The first-order valence-corrected chi connectivity index (χ1v) is 11.1. The van der Waals surface area contributed by atoms with Crippen LogP contribution >= 0.6 is 27.7 Å². The van der Waals surface area contributed by atoms with E-state index in [4.69, 9.17) is 4.74 Å². The second kappa shape index (κ2) is 9.80. The predicted octanol–water partition coefficient (Wildman–Crippen LogP) is 5.56. The molecule has 156 valence electrons. The van der Waals surface area contributed by atoms with Crippen molar-refractivity contribution < 1.29 is 9.53 Å². The van der Waals surface area contributed by atoms with Gasteiger partial charge in [0.2, 0.25) is 0 Å². The maximum absolute atomic E-state index is 12.9. The van der Waals surface area contributed by atoms with Gasteiger partial charge in [-0.15, -0.1) is 10.2 Å². The monoisotopic (exact) mass is 494 g/mol. The molecular weight excluding hydrogens is 476 g/mol. The molecule has 0 radical (unpaired) electrons. The lowest BCUT2D eigenvalue weighted by molar-refractivity contribution is 0.102. The zero-order chi connectivity index (χ0) is 21.6. The van der Waals surface area contributed by atoms with Crippen molar-refractivity contribution in [2.75, 3.05) is 5.32 Å². The van der Waals surface area contributed by atoms with E-state index in [1.54, 1.807) is 18.5 Å². The Morgan fingerprint density at radius 3 is 2.65 bits per heavy atom. The number of halogens is 1. The average Bonchev–Trinajstić information content (AvgIpc) is 3.18. The molecule has 0 aliphatic rings. The summed E-state index contributed by atoms with van der Waals surface area (Å²) < 4.78 is 8.76. The van der Waals surface area contributed by atoms with E-state index in [0.717, 1.165) is 20.1 Å². The van der Waals surface area contributed by atoms with Crippen LogP contribution in [0.3, 0.4) is 0 Å². The molecule has 4 aromatic rings. The number of carbonyl (C=O) groups is 1. The normalized spacial score (nSPS) is 10.6. The van der Waals surface area contributed by atoms with Crippen molar-refractivity contribution >= 4 is 39.3 Å². The second-order valence-corrected chi connectivity index (χ2v) is 8.68. The van der Waals surface area contributed by atoms with Gasteiger partial charge in [-0.3, -0.25) is 4.79 Å². The van der Waals surface area contributed by atoms with E-state index in [1.165, 1.54) is 11.8 Å². The van der Waals surface area contributed by atoms with Gasteiger partial charge in [-0.2, -0.15) is 0 Å². The molecule has 0 saturated heterocycles. The summed E-state index contributed by atoms with van der Waals surface area (Å²) in [6, 6.07) is 22.7. The summed E-state index contributed by atoms with van der Waals surface area (Å²) in [5.74, 6) is 0.313. The van der Waals surface area contributed by atoms with E-state index in [0.29, 0.717) is 23.6 Å². The number of hydrogen-bond donors (Lipinski definition) is 1. The molecule has 0 spiro atoms. The first-order valence-electron chi connectivity index (χ1n) is 9.48. The molecule has 0 unspecified atom stereocenters. The van der Waals surface area contributed by atoms with Crippen LogP contribution in [0.25, 0.3) is 0 Å². The van der Waals surface area contributed by atoms with Gasteiger partial charge in [0.05, 0.1) is 5.56 Å². The van der Waals surface area contributed by atoms with Crippen LogP contribution < -0.4 is 10.1 Å². The minimum atomic E-state index is -0.224. The molecule has 1 heterocycles. The number of rotatable bonds is 7. The van der Waals surface area contributed by atoms with Gasteiger partial charge in [-0.1, -0.05) is 40.2 Å². The van der Waals surface area contributed by atoms with Gasteiger partial charge in [0.1, 0.15) is 18.7 Å². The van der Waals surface area contributed by atoms with E-state index in [-0.39, 0.29) is 5.91 Å². The van der Waals surface area contributed by atoms with Gasteiger partial charge in [0, 0.05) is 22.1 Å². The Hall–Kier alpha value is -3.10. The van der Waals surface area contributed by atoms with Crippen LogP contribution in [0.15, 0.2) is 93.6 Å². The Morgan fingerprint density at radius 2 is 1.90 bits per heavy atom. The van der Waals surface area contributed by atoms with Gasteiger partial charge in [-0.25, -0.2) is 0 Å². The summed E-state index contributed by atoms with van der Waals surface area (Å²) >= 11 is 4.97. The standard InChI is InChI=1S/C23H19BrN4O2S/c1-28-15-25-27-23(28)31-19-11-9-18(10-12-19)26-22(29)20-7-2-3-8-21(20)30-14-16-5-4-6-17(24)13-16/h2-13,15H,14H2,1H3,(H,26,29). The van der Waals surface area contributed by atoms with Crippen molar-refractivity contribution in [3.8, 4) is 5.75 Å². The molecule has 0 fully saturated rings. The Labute approximate surface area is 192 Å². The number of aromatic nitrogens is 3. The Bertz CT molecular complexity index is 1190. The van der Waals surface area contributed by atoms with Crippen molar-refractivity contribution in [3.05, 3.63) is 94.7 Å². The second-order valence-electron chi connectivity index (χ2n) is 6.72. The molecule has 6 nitrogen and oxygen atoms in total. The van der Waals surface area contributed by atoms with E-state index in [9.17, 15) is 4.79 Å². The summed E-state index contributed by atoms with van der Waals surface area (Å²) in [7, 11) is 1.90. The maximum atomic E-state index is 12.9. The SMILES string of the molecule is Cn1cnnc1Sc1ccc(NC(=O)c2ccccc2OCc2cccc(Br)c2)cc1. The summed E-state index contributed by atoms with van der Waals surface area (Å²) in [5.41, 5.74) is 2.20. The number of para-hydroxylation sites is 1. The summed E-state index contributed by atoms with van der Waals surface area (Å²) in [4.78, 5) is 13.9. The van der Waals surface area contributed by atoms with Crippen LogP contribution in [0.5, 0.6) is 5.75 Å². The van der Waals surface area contributed by atoms with E-state index in [1.807, 2.05) is 72.3 Å². The molecule has 0 atom stereocenters. The van der Waals surface area contributed by atoms with Crippen LogP contribution in [0.4, 0.5) is 5.69 Å². The van der Waals surface area contributed by atoms with Crippen LogP contribution in [0.2, 0.25) is 0 Å². The number of anilines is 1. The lowest BCUT2D eigenvalue weighted by Gasteiger charge is -2.12. The third kappa shape index (κ3) is 5.53. The third-order valence-corrected chi connectivity index (χ3v) is 5.96. The highest BCUT2D eigenvalue weighted by Gasteiger charge is 2.13. The molecule has 1 aromatic heterocycles. The van der Waals surface area contributed by atoms with Crippen molar-refractivity contribution in [3.63, 3.8) is 0 Å². The molecule has 1 N–H and O–H groups in total. The molecule has 0 saturated carbocycles. The lowest BCUT2D eigenvalue weighted by Crippen LogP contribution is -2.13. The fourth-order valence-corrected chi connectivity index (χ4v) is 4.05. The van der Waals surface area contributed by atoms with E-state index >= 15 is 0 Å². The largest absolute Gasteiger partial charge is 0.488 e. The van der Waals surface area contributed by atoms with Crippen molar-refractivity contribution in [1.29, 1.82) is 0 Å². The van der Waals surface area contributed by atoms with E-state index in [2.05, 4.69) is 31.4 Å². The first-order chi connectivity index (χ1) is 15.1. The molecule has 0 bridgehead atoms. The maximum Gasteiger partial charge on any atom is 0.259 e. The zero-order valence-electron chi connectivity index (χ0n) is 16.7. The molecule has 8 heteroatoms. The van der Waals surface area contributed by atoms with Crippen molar-refractivity contribution in [1.82, 2.24) is 14.8 Å². The van der Waals surface area contributed by atoms with Gasteiger partial charge >= 0.3 is 0 Å². The third-order valence-electron chi connectivity index (χ3n) is 4.41. The quantitative estimate of drug-likeness (QED) is 0.364. The Balaban J connectivity index is 1.42. The van der Waals surface area contributed by atoms with E-state index < -0.39 is 0 Å². The highest BCUT2D eigenvalue weighted by molar-refractivity contribution is 9.10. The molecule has 0 aliphatic heterocycles. The number of aryl methyl sites for hydroxylation is 1. The number of benzene rings is 3. The average molecular weight is 495 g/mol. The van der Waals surface area contributed by atoms with Crippen molar-refractivity contribution in [2.45, 2.75) is 16.7 Å². The van der Waals surface area contributed by atoms with Crippen LogP contribution in [0, 0.1) is 0 Å². The fraction of sp³-hybridized carbons (Fsp3) is 0.0870. The number of carbonyl (C=O) groups excluding carboxylic acids is 1. The Kier molecular flexibility index (Phi) is 6.69. The number of nitrogens with one attached hydrogen (secondary N) is 1. The molecule has 1 amide bonds. The minimum Gasteiger partial charge on any atom is -0.488 e. The van der Waals surface area contributed by atoms with Gasteiger partial charge in [-0.05, 0) is 65.9 Å². The molecule has 31 heavy (non-hydrogen) atoms. The predicted molar refractivity (Wildman–Crippen MR) is 124 cm³/mol. The summed E-state index contributed by atoms with van der Waals surface area (Å²) in [6.07, 6.45) is 1.66.